The van der Waals surface area contributed by atoms with Crippen molar-refractivity contribution in [3.63, 3.8) is 0 Å². The Balaban J connectivity index is 2.18. The van der Waals surface area contributed by atoms with Crippen LogP contribution in [0.2, 0.25) is 0 Å². The van der Waals surface area contributed by atoms with E-state index in [-0.39, 0.29) is 0 Å². The van der Waals surface area contributed by atoms with Gasteiger partial charge in [0.1, 0.15) is 6.61 Å². The minimum Gasteiger partial charge on any atom is -0.466 e. The summed E-state index contributed by atoms with van der Waals surface area (Å²) in [5, 5.41) is 0.740. The standard InChI is InChI=1S/C11H11NOS/c1-2-3-8-13-11-12-9-6-4-5-7-10(9)14-11/h2-7H,8H2,1H3. The molecule has 0 N–H and O–H groups in total. The average Bonchev–Trinajstić information content (AvgIpc) is 2.60. The average molecular weight is 205 g/mol. The summed E-state index contributed by atoms with van der Waals surface area (Å²) in [6.07, 6.45) is 3.93. The fraction of sp³-hybridized carbons (Fsp3) is 0.182. The van der Waals surface area contributed by atoms with Gasteiger partial charge in [-0.25, -0.2) is 4.98 Å². The van der Waals surface area contributed by atoms with E-state index in [1.54, 1.807) is 11.3 Å². The van der Waals surface area contributed by atoms with Crippen molar-refractivity contribution in [3.8, 4) is 5.19 Å². The lowest BCUT2D eigenvalue weighted by Crippen LogP contribution is -1.91. The van der Waals surface area contributed by atoms with Gasteiger partial charge in [0.15, 0.2) is 0 Å². The smallest absolute Gasteiger partial charge is 0.274 e. The Morgan fingerprint density at radius 3 is 3.07 bits per heavy atom. The molecule has 1 aromatic heterocycles. The van der Waals surface area contributed by atoms with Gasteiger partial charge >= 0.3 is 0 Å². The van der Waals surface area contributed by atoms with Crippen LogP contribution >= 0.6 is 11.3 Å². The number of ether oxygens (including phenoxy) is 1. The first-order chi connectivity index (χ1) is 6.90. The number of hydrogen-bond donors (Lipinski definition) is 0. The number of para-hydroxylation sites is 1. The normalized spacial score (nSPS) is 11.2. The van der Waals surface area contributed by atoms with Crippen molar-refractivity contribution in [2.45, 2.75) is 6.92 Å². The topological polar surface area (TPSA) is 22.1 Å². The highest BCUT2D eigenvalue weighted by Crippen LogP contribution is 2.26. The van der Waals surface area contributed by atoms with E-state index in [0.29, 0.717) is 6.61 Å². The van der Waals surface area contributed by atoms with Gasteiger partial charge in [0.2, 0.25) is 0 Å². The van der Waals surface area contributed by atoms with E-state index in [1.165, 1.54) is 4.70 Å². The number of rotatable bonds is 3. The molecule has 1 heterocycles. The van der Waals surface area contributed by atoms with E-state index in [9.17, 15) is 0 Å². The molecule has 0 fully saturated rings. The van der Waals surface area contributed by atoms with E-state index >= 15 is 0 Å². The molecular weight excluding hydrogens is 194 g/mol. The van der Waals surface area contributed by atoms with E-state index in [1.807, 2.05) is 37.3 Å². The fourth-order valence-electron chi connectivity index (χ4n) is 1.13. The molecule has 2 aromatic rings. The zero-order chi connectivity index (χ0) is 9.80. The van der Waals surface area contributed by atoms with Gasteiger partial charge in [-0.15, -0.1) is 0 Å². The van der Waals surface area contributed by atoms with Gasteiger partial charge in [-0.2, -0.15) is 0 Å². The highest BCUT2D eigenvalue weighted by molar-refractivity contribution is 7.20. The Hall–Kier alpha value is -1.35. The molecule has 2 rings (SSSR count). The number of hydrogen-bond acceptors (Lipinski definition) is 3. The third-order valence-corrected chi connectivity index (χ3v) is 2.76. The van der Waals surface area contributed by atoms with Crippen molar-refractivity contribution in [1.29, 1.82) is 0 Å². The highest BCUT2D eigenvalue weighted by atomic mass is 32.1. The Bertz CT molecular complexity index is 414. The molecule has 0 aliphatic carbocycles. The van der Waals surface area contributed by atoms with Crippen LogP contribution in [-0.2, 0) is 0 Å². The van der Waals surface area contributed by atoms with E-state index in [0.717, 1.165) is 10.7 Å². The molecule has 0 amide bonds. The second-order valence-corrected chi connectivity index (χ2v) is 3.82. The number of nitrogens with zero attached hydrogens (tertiary/aromatic N) is 1. The van der Waals surface area contributed by atoms with E-state index in [4.69, 9.17) is 4.74 Å². The van der Waals surface area contributed by atoms with E-state index < -0.39 is 0 Å². The predicted octanol–water partition coefficient (Wildman–Crippen LogP) is 3.25. The Labute approximate surface area is 86.9 Å². The van der Waals surface area contributed by atoms with Crippen molar-refractivity contribution in [3.05, 3.63) is 36.4 Å². The van der Waals surface area contributed by atoms with Crippen molar-refractivity contribution in [2.24, 2.45) is 0 Å². The number of allylic oxidation sites excluding steroid dienone is 1. The Morgan fingerprint density at radius 2 is 2.29 bits per heavy atom. The molecule has 0 bridgehead atoms. The van der Waals surface area contributed by atoms with Gasteiger partial charge in [-0.3, -0.25) is 0 Å². The molecule has 0 saturated heterocycles. The first kappa shape index (κ1) is 9.21. The molecule has 0 aliphatic heterocycles. The molecule has 0 unspecified atom stereocenters. The Morgan fingerprint density at radius 1 is 1.43 bits per heavy atom. The lowest BCUT2D eigenvalue weighted by atomic mass is 10.3. The highest BCUT2D eigenvalue weighted by Gasteiger charge is 2.01. The summed E-state index contributed by atoms with van der Waals surface area (Å²) < 4.78 is 6.62. The van der Waals surface area contributed by atoms with Gasteiger partial charge in [0.05, 0.1) is 10.2 Å². The van der Waals surface area contributed by atoms with E-state index in [2.05, 4.69) is 11.1 Å². The van der Waals surface area contributed by atoms with Crippen LogP contribution in [0.4, 0.5) is 0 Å². The zero-order valence-electron chi connectivity index (χ0n) is 7.93. The fourth-order valence-corrected chi connectivity index (χ4v) is 1.95. The maximum Gasteiger partial charge on any atom is 0.274 e. The summed E-state index contributed by atoms with van der Waals surface area (Å²) in [5.74, 6) is 0. The van der Waals surface area contributed by atoms with Gasteiger partial charge in [0, 0.05) is 0 Å². The number of fused-ring (bicyclic) bond motifs is 1. The van der Waals surface area contributed by atoms with Crippen molar-refractivity contribution in [2.75, 3.05) is 6.61 Å². The van der Waals surface area contributed by atoms with Crippen LogP contribution in [0.3, 0.4) is 0 Å². The maximum absolute atomic E-state index is 5.45. The first-order valence-corrected chi connectivity index (χ1v) is 5.31. The minimum atomic E-state index is 0.594. The zero-order valence-corrected chi connectivity index (χ0v) is 8.75. The molecule has 14 heavy (non-hydrogen) atoms. The second-order valence-electron chi connectivity index (χ2n) is 2.83. The van der Waals surface area contributed by atoms with Crippen LogP contribution in [0.5, 0.6) is 5.19 Å². The van der Waals surface area contributed by atoms with Crippen molar-refractivity contribution in [1.82, 2.24) is 4.98 Å². The summed E-state index contributed by atoms with van der Waals surface area (Å²) in [4.78, 5) is 4.35. The minimum absolute atomic E-state index is 0.594. The van der Waals surface area contributed by atoms with Crippen LogP contribution in [0.1, 0.15) is 6.92 Å². The molecule has 1 aromatic carbocycles. The maximum atomic E-state index is 5.45. The SMILES string of the molecule is CC=CCOc1nc2ccccc2s1. The summed E-state index contributed by atoms with van der Waals surface area (Å²) in [7, 11) is 0. The third kappa shape index (κ3) is 1.93. The molecule has 0 atom stereocenters. The third-order valence-electron chi connectivity index (χ3n) is 1.81. The molecule has 72 valence electrons. The summed E-state index contributed by atoms with van der Waals surface area (Å²) >= 11 is 1.58. The monoisotopic (exact) mass is 205 g/mol. The predicted molar refractivity (Wildman–Crippen MR) is 59.9 cm³/mol. The largest absolute Gasteiger partial charge is 0.466 e. The molecule has 0 aliphatic rings. The number of aromatic nitrogens is 1. The van der Waals surface area contributed by atoms with Gasteiger partial charge in [0.25, 0.3) is 5.19 Å². The first-order valence-electron chi connectivity index (χ1n) is 4.49. The second kappa shape index (κ2) is 4.24. The summed E-state index contributed by atoms with van der Waals surface area (Å²) in [5.41, 5.74) is 1.01. The van der Waals surface area contributed by atoms with Crippen molar-refractivity contribution < 1.29 is 4.74 Å². The van der Waals surface area contributed by atoms with Crippen LogP contribution < -0.4 is 4.74 Å². The molecule has 3 heteroatoms. The van der Waals surface area contributed by atoms with Crippen LogP contribution in [-0.4, -0.2) is 11.6 Å². The lowest BCUT2D eigenvalue weighted by molar-refractivity contribution is 0.361. The van der Waals surface area contributed by atoms with Crippen molar-refractivity contribution >= 4 is 21.6 Å². The number of benzene rings is 1. The van der Waals surface area contributed by atoms with Gasteiger partial charge in [-0.1, -0.05) is 35.6 Å². The lowest BCUT2D eigenvalue weighted by Gasteiger charge is -1.94. The van der Waals surface area contributed by atoms with Gasteiger partial charge in [-0.05, 0) is 19.1 Å². The molecule has 2 nitrogen and oxygen atoms in total. The number of thiazole rings is 1. The van der Waals surface area contributed by atoms with Crippen LogP contribution in [0, 0.1) is 0 Å². The molecular formula is C11H11NOS. The summed E-state index contributed by atoms with van der Waals surface area (Å²) in [6, 6.07) is 8.04. The molecule has 0 spiro atoms. The van der Waals surface area contributed by atoms with Crippen LogP contribution in [0.25, 0.3) is 10.2 Å². The summed E-state index contributed by atoms with van der Waals surface area (Å²) in [6.45, 7) is 2.57. The van der Waals surface area contributed by atoms with Gasteiger partial charge < -0.3 is 4.74 Å². The molecule has 0 radical (unpaired) electrons. The quantitative estimate of drug-likeness (QED) is 0.717. The Kier molecular flexibility index (Phi) is 2.79. The molecule has 0 saturated carbocycles. The van der Waals surface area contributed by atoms with Crippen LogP contribution in [0.15, 0.2) is 36.4 Å².